The summed E-state index contributed by atoms with van der Waals surface area (Å²) in [5, 5.41) is 29.5. The second kappa shape index (κ2) is 9.35. The van der Waals surface area contributed by atoms with Crippen molar-refractivity contribution in [2.45, 2.75) is 71.0 Å². The van der Waals surface area contributed by atoms with Crippen LogP contribution >= 0.6 is 0 Å². The van der Waals surface area contributed by atoms with Gasteiger partial charge in [0.05, 0.1) is 31.1 Å². The molecule has 3 N–H and O–H groups in total. The van der Waals surface area contributed by atoms with Gasteiger partial charge in [0.25, 0.3) is 0 Å². The molecule has 0 aromatic carbocycles. The molecule has 8 nitrogen and oxygen atoms in total. The van der Waals surface area contributed by atoms with Crippen LogP contribution in [0.15, 0.2) is 23.8 Å². The van der Waals surface area contributed by atoms with E-state index in [1.165, 1.54) is 0 Å². The van der Waals surface area contributed by atoms with Crippen LogP contribution in [0.4, 0.5) is 0 Å². The van der Waals surface area contributed by atoms with Crippen molar-refractivity contribution in [2.75, 3.05) is 13.2 Å². The van der Waals surface area contributed by atoms with E-state index in [1.54, 1.807) is 6.08 Å². The number of ether oxygens (including phenoxy) is 2. The first kappa shape index (κ1) is 24.5. The van der Waals surface area contributed by atoms with Gasteiger partial charge in [0.2, 0.25) is 0 Å². The van der Waals surface area contributed by atoms with Gasteiger partial charge in [0.15, 0.2) is 6.10 Å². The van der Waals surface area contributed by atoms with Gasteiger partial charge in [-0.1, -0.05) is 32.1 Å². The molecule has 8 heteroatoms. The van der Waals surface area contributed by atoms with Gasteiger partial charge in [-0.2, -0.15) is 0 Å². The fraction of sp³-hybridized carbons (Fsp3) is 0.708. The molecule has 3 rings (SSSR count). The number of rotatable bonds is 7. The first-order chi connectivity index (χ1) is 15.0. The molecule has 32 heavy (non-hydrogen) atoms. The minimum Gasteiger partial charge on any atom is -0.481 e. The van der Waals surface area contributed by atoms with Gasteiger partial charge < -0.3 is 24.8 Å². The largest absolute Gasteiger partial charge is 0.481 e. The molecule has 0 spiro atoms. The van der Waals surface area contributed by atoms with Gasteiger partial charge in [-0.15, -0.1) is 0 Å². The lowest BCUT2D eigenvalue weighted by molar-refractivity contribution is -0.151. The molecule has 3 aliphatic rings. The summed E-state index contributed by atoms with van der Waals surface area (Å²) >= 11 is 0. The first-order valence-electron chi connectivity index (χ1n) is 11.3. The van der Waals surface area contributed by atoms with Gasteiger partial charge in [-0.05, 0) is 49.4 Å². The predicted octanol–water partition coefficient (Wildman–Crippen LogP) is 2.38. The molecule has 2 saturated carbocycles. The minimum absolute atomic E-state index is 0.0453. The lowest BCUT2D eigenvalue weighted by Crippen LogP contribution is -2.57. The molecule has 2 aliphatic carbocycles. The molecule has 0 bridgehead atoms. The molecule has 0 amide bonds. The molecule has 0 aromatic rings. The van der Waals surface area contributed by atoms with Crippen molar-refractivity contribution in [1.82, 2.24) is 0 Å². The summed E-state index contributed by atoms with van der Waals surface area (Å²) in [6.07, 6.45) is 3.28. The standard InChI is InChI=1S/C24H34O8/c1-14-4-7-18-23(2,11-10-19(26)24(18,3)13-25)16(14)6-5-15-17(12-31-22(15)30)32-21(29)9-8-20(27)28/h5,16-19,25-26H,1,4,6-13H2,2-3H3,(H,27,28)/b15-5+/t16-,17?,18+,19-,23+,24?/m1/s1. The van der Waals surface area contributed by atoms with E-state index in [0.29, 0.717) is 12.8 Å². The lowest BCUT2D eigenvalue weighted by Gasteiger charge is -2.59. The third-order valence-corrected chi connectivity index (χ3v) is 8.03. The number of cyclic esters (lactones) is 1. The molecule has 2 unspecified atom stereocenters. The van der Waals surface area contributed by atoms with Crippen LogP contribution in [0.25, 0.3) is 0 Å². The number of carboxylic acid groups (broad SMARTS) is 1. The summed E-state index contributed by atoms with van der Waals surface area (Å²) in [5.74, 6) is -2.16. The number of hydrogen-bond acceptors (Lipinski definition) is 7. The molecule has 3 fully saturated rings. The molecule has 6 atom stereocenters. The number of allylic oxidation sites excluding steroid dienone is 2. The average molecular weight is 451 g/mol. The summed E-state index contributed by atoms with van der Waals surface area (Å²) in [4.78, 5) is 34.9. The monoisotopic (exact) mass is 450 g/mol. The maximum absolute atomic E-state index is 12.3. The summed E-state index contributed by atoms with van der Waals surface area (Å²) < 4.78 is 10.4. The number of aliphatic carboxylic acids is 1. The van der Waals surface area contributed by atoms with Crippen molar-refractivity contribution in [3.63, 3.8) is 0 Å². The average Bonchev–Trinajstić information content (AvgIpc) is 3.08. The third kappa shape index (κ3) is 4.48. The van der Waals surface area contributed by atoms with E-state index in [2.05, 4.69) is 13.5 Å². The van der Waals surface area contributed by atoms with Gasteiger partial charge in [-0.25, -0.2) is 4.79 Å². The summed E-state index contributed by atoms with van der Waals surface area (Å²) in [5.41, 5.74) is 0.568. The molecule has 1 saturated heterocycles. The Labute approximate surface area is 188 Å². The van der Waals surface area contributed by atoms with Crippen LogP contribution in [0, 0.1) is 22.7 Å². The second-order valence-corrected chi connectivity index (χ2v) is 9.89. The van der Waals surface area contributed by atoms with Crippen molar-refractivity contribution in [3.05, 3.63) is 23.8 Å². The van der Waals surface area contributed by atoms with Crippen molar-refractivity contribution in [1.29, 1.82) is 0 Å². The van der Waals surface area contributed by atoms with E-state index in [-0.39, 0.29) is 48.9 Å². The Morgan fingerprint density at radius 3 is 2.66 bits per heavy atom. The topological polar surface area (TPSA) is 130 Å². The van der Waals surface area contributed by atoms with Gasteiger partial charge in [0.1, 0.15) is 6.61 Å². The molecule has 0 aromatic heterocycles. The Morgan fingerprint density at radius 1 is 1.28 bits per heavy atom. The second-order valence-electron chi connectivity index (χ2n) is 9.89. The SMILES string of the molecule is C=C1CC[C@@H]2C(C)(CO)[C@H](O)CC[C@@]2(C)[C@@H]1C/C=C1/C(=O)OCC1OC(=O)CCC(=O)O. The number of fused-ring (bicyclic) bond motifs is 1. The zero-order chi connectivity index (χ0) is 23.7. The number of aliphatic hydroxyl groups is 2. The third-order valence-electron chi connectivity index (χ3n) is 8.03. The van der Waals surface area contributed by atoms with Crippen LogP contribution in [0.2, 0.25) is 0 Å². The van der Waals surface area contributed by atoms with Gasteiger partial charge in [0, 0.05) is 5.41 Å². The van der Waals surface area contributed by atoms with Crippen LogP contribution in [-0.4, -0.2) is 58.6 Å². The van der Waals surface area contributed by atoms with Gasteiger partial charge >= 0.3 is 17.9 Å². The Bertz CT molecular complexity index is 817. The number of carbonyl (C=O) groups is 3. The van der Waals surface area contributed by atoms with Crippen molar-refractivity contribution in [3.8, 4) is 0 Å². The summed E-state index contributed by atoms with van der Waals surface area (Å²) in [6.45, 7) is 8.25. The molecule has 1 heterocycles. The first-order valence-corrected chi connectivity index (χ1v) is 11.3. The fourth-order valence-corrected chi connectivity index (χ4v) is 6.08. The predicted molar refractivity (Wildman–Crippen MR) is 114 cm³/mol. The van der Waals surface area contributed by atoms with Crippen molar-refractivity contribution >= 4 is 17.9 Å². The number of aliphatic hydroxyl groups excluding tert-OH is 2. The smallest absolute Gasteiger partial charge is 0.337 e. The zero-order valence-corrected chi connectivity index (χ0v) is 18.8. The van der Waals surface area contributed by atoms with Crippen molar-refractivity contribution < 1.29 is 39.2 Å². The van der Waals surface area contributed by atoms with E-state index in [1.807, 2.05) is 6.92 Å². The van der Waals surface area contributed by atoms with Crippen molar-refractivity contribution in [2.24, 2.45) is 22.7 Å². The maximum atomic E-state index is 12.3. The molecule has 0 radical (unpaired) electrons. The fourth-order valence-electron chi connectivity index (χ4n) is 6.08. The molecule has 178 valence electrons. The van der Waals surface area contributed by atoms with E-state index in [0.717, 1.165) is 24.8 Å². The van der Waals surface area contributed by atoms with E-state index >= 15 is 0 Å². The van der Waals surface area contributed by atoms with Gasteiger partial charge in [-0.3, -0.25) is 9.59 Å². The number of hydrogen-bond donors (Lipinski definition) is 3. The number of esters is 2. The quantitative estimate of drug-likeness (QED) is 0.306. The van der Waals surface area contributed by atoms with E-state index in [9.17, 15) is 24.6 Å². The summed E-state index contributed by atoms with van der Waals surface area (Å²) in [7, 11) is 0. The van der Waals surface area contributed by atoms with Crippen LogP contribution in [0.3, 0.4) is 0 Å². The highest BCUT2D eigenvalue weighted by atomic mass is 16.6. The molecular formula is C24H34O8. The summed E-state index contributed by atoms with van der Waals surface area (Å²) in [6, 6.07) is 0. The van der Waals surface area contributed by atoms with E-state index < -0.39 is 35.5 Å². The van der Waals surface area contributed by atoms with Crippen LogP contribution in [-0.2, 0) is 23.9 Å². The highest BCUT2D eigenvalue weighted by molar-refractivity contribution is 5.92. The number of carbonyl (C=O) groups excluding carboxylic acids is 2. The Morgan fingerprint density at radius 2 is 2.00 bits per heavy atom. The van der Waals surface area contributed by atoms with E-state index in [4.69, 9.17) is 14.6 Å². The zero-order valence-electron chi connectivity index (χ0n) is 18.8. The van der Waals surface area contributed by atoms with Crippen LogP contribution in [0.5, 0.6) is 0 Å². The molecule has 1 aliphatic heterocycles. The maximum Gasteiger partial charge on any atom is 0.337 e. The Kier molecular flexibility index (Phi) is 7.15. The Balaban J connectivity index is 1.78. The molecular weight excluding hydrogens is 416 g/mol. The lowest BCUT2D eigenvalue weighted by atomic mass is 9.46. The normalized spacial score (nSPS) is 38.3. The number of carboxylic acids is 1. The van der Waals surface area contributed by atoms with Crippen LogP contribution < -0.4 is 0 Å². The Hall–Kier alpha value is -2.19. The van der Waals surface area contributed by atoms with Crippen LogP contribution in [0.1, 0.15) is 58.8 Å². The highest BCUT2D eigenvalue weighted by Crippen LogP contribution is 2.61. The minimum atomic E-state index is -1.09. The highest BCUT2D eigenvalue weighted by Gasteiger charge is 2.57.